The Balaban J connectivity index is 1.87. The summed E-state index contributed by atoms with van der Waals surface area (Å²) in [6.07, 6.45) is 0. The van der Waals surface area contributed by atoms with Crippen molar-refractivity contribution >= 4 is 23.4 Å². The summed E-state index contributed by atoms with van der Waals surface area (Å²) in [5.74, 6) is 1.25. The molecule has 2 rings (SSSR count). The van der Waals surface area contributed by atoms with E-state index in [9.17, 15) is 4.79 Å². The van der Waals surface area contributed by atoms with Crippen molar-refractivity contribution in [3.8, 4) is 5.75 Å². The molecule has 2 aromatic rings. The summed E-state index contributed by atoms with van der Waals surface area (Å²) >= 11 is 1.52. The molecule has 4 heteroatoms. The van der Waals surface area contributed by atoms with Crippen molar-refractivity contribution in [2.45, 2.75) is 25.7 Å². The summed E-state index contributed by atoms with van der Waals surface area (Å²) in [5, 5.41) is 2.95. The quantitative estimate of drug-likeness (QED) is 0.801. The van der Waals surface area contributed by atoms with Crippen LogP contribution in [0.1, 0.15) is 18.1 Å². The number of carbonyl (C=O) groups excluding carboxylic acids is 1. The molecule has 0 saturated heterocycles. The van der Waals surface area contributed by atoms with Crippen LogP contribution >= 0.6 is 11.8 Å². The summed E-state index contributed by atoms with van der Waals surface area (Å²) < 4.78 is 5.40. The lowest BCUT2D eigenvalue weighted by molar-refractivity contribution is -0.113. The second-order valence-electron chi connectivity index (χ2n) is 5.06. The smallest absolute Gasteiger partial charge is 0.234 e. The lowest BCUT2D eigenvalue weighted by Gasteiger charge is -2.09. The molecule has 22 heavy (non-hydrogen) atoms. The van der Waals surface area contributed by atoms with Gasteiger partial charge >= 0.3 is 0 Å². The molecule has 1 amide bonds. The minimum Gasteiger partial charge on any atom is -0.494 e. The van der Waals surface area contributed by atoms with E-state index in [4.69, 9.17) is 4.74 Å². The van der Waals surface area contributed by atoms with E-state index in [2.05, 4.69) is 11.4 Å². The van der Waals surface area contributed by atoms with Crippen LogP contribution in [0.25, 0.3) is 0 Å². The molecule has 1 N–H and O–H groups in total. The topological polar surface area (TPSA) is 38.3 Å². The third-order valence-corrected chi connectivity index (χ3v) is 4.17. The van der Waals surface area contributed by atoms with Crippen LogP contribution in [0.15, 0.2) is 47.4 Å². The van der Waals surface area contributed by atoms with Gasteiger partial charge in [-0.1, -0.05) is 17.7 Å². The Labute approximate surface area is 136 Å². The molecule has 0 aromatic heterocycles. The van der Waals surface area contributed by atoms with E-state index in [1.807, 2.05) is 57.2 Å². The zero-order valence-corrected chi connectivity index (χ0v) is 14.0. The lowest BCUT2D eigenvalue weighted by atomic mass is 10.1. The molecular formula is C18H21NO2S. The summed E-state index contributed by atoms with van der Waals surface area (Å²) in [6, 6.07) is 13.8. The van der Waals surface area contributed by atoms with Gasteiger partial charge in [0.25, 0.3) is 0 Å². The zero-order chi connectivity index (χ0) is 15.9. The Bertz CT molecular complexity index is 638. The van der Waals surface area contributed by atoms with Crippen LogP contribution in [0, 0.1) is 13.8 Å². The van der Waals surface area contributed by atoms with E-state index in [1.165, 1.54) is 17.3 Å². The van der Waals surface area contributed by atoms with Gasteiger partial charge in [0.05, 0.1) is 12.4 Å². The fourth-order valence-electron chi connectivity index (χ4n) is 2.09. The molecule has 0 spiro atoms. The van der Waals surface area contributed by atoms with Crippen molar-refractivity contribution in [1.82, 2.24) is 0 Å². The predicted octanol–water partition coefficient (Wildman–Crippen LogP) is 4.43. The van der Waals surface area contributed by atoms with Gasteiger partial charge in [0.1, 0.15) is 5.75 Å². The highest BCUT2D eigenvalue weighted by Crippen LogP contribution is 2.22. The number of thioether (sulfide) groups is 1. The van der Waals surface area contributed by atoms with Crippen LogP contribution in [0.5, 0.6) is 5.75 Å². The highest BCUT2D eigenvalue weighted by atomic mass is 32.2. The van der Waals surface area contributed by atoms with Gasteiger partial charge in [-0.15, -0.1) is 11.8 Å². The van der Waals surface area contributed by atoms with Crippen molar-refractivity contribution in [2.24, 2.45) is 0 Å². The van der Waals surface area contributed by atoms with Gasteiger partial charge in [-0.3, -0.25) is 4.79 Å². The van der Waals surface area contributed by atoms with Crippen molar-refractivity contribution in [1.29, 1.82) is 0 Å². The van der Waals surface area contributed by atoms with Crippen LogP contribution < -0.4 is 10.1 Å². The molecule has 3 nitrogen and oxygen atoms in total. The first-order chi connectivity index (χ1) is 10.6. The van der Waals surface area contributed by atoms with Gasteiger partial charge in [0.2, 0.25) is 5.91 Å². The Morgan fingerprint density at radius 2 is 1.86 bits per heavy atom. The fraction of sp³-hybridized carbons (Fsp3) is 0.278. The molecule has 0 aliphatic carbocycles. The Kier molecular flexibility index (Phi) is 5.90. The van der Waals surface area contributed by atoms with E-state index in [-0.39, 0.29) is 5.91 Å². The number of hydrogen-bond acceptors (Lipinski definition) is 3. The maximum Gasteiger partial charge on any atom is 0.234 e. The molecule has 116 valence electrons. The third kappa shape index (κ3) is 4.81. The van der Waals surface area contributed by atoms with Crippen LogP contribution in [-0.2, 0) is 4.79 Å². The minimum atomic E-state index is 0.00541. The third-order valence-electron chi connectivity index (χ3n) is 3.16. The standard InChI is InChI=1S/C18H21NO2S/c1-4-21-15-6-8-16(9-7-15)22-12-18(20)19-17-10-5-13(2)11-14(17)3/h5-11H,4,12H2,1-3H3,(H,19,20). The lowest BCUT2D eigenvalue weighted by Crippen LogP contribution is -2.14. The fourth-order valence-corrected chi connectivity index (χ4v) is 2.79. The zero-order valence-electron chi connectivity index (χ0n) is 13.2. The van der Waals surface area contributed by atoms with Gasteiger partial charge in [-0.25, -0.2) is 0 Å². The van der Waals surface area contributed by atoms with E-state index in [0.717, 1.165) is 21.9 Å². The van der Waals surface area contributed by atoms with Gasteiger partial charge in [-0.2, -0.15) is 0 Å². The normalized spacial score (nSPS) is 10.3. The number of hydrogen-bond donors (Lipinski definition) is 1. The van der Waals surface area contributed by atoms with Crippen LogP contribution in [0.4, 0.5) is 5.69 Å². The molecule has 0 radical (unpaired) electrons. The highest BCUT2D eigenvalue weighted by Gasteiger charge is 2.06. The first-order valence-corrected chi connectivity index (χ1v) is 8.30. The molecule has 0 atom stereocenters. The van der Waals surface area contributed by atoms with Gasteiger partial charge in [-0.05, 0) is 56.7 Å². The minimum absolute atomic E-state index is 0.00541. The molecule has 0 heterocycles. The van der Waals surface area contributed by atoms with Crippen LogP contribution in [0.2, 0.25) is 0 Å². The molecular weight excluding hydrogens is 294 g/mol. The molecule has 0 fully saturated rings. The van der Waals surface area contributed by atoms with Gasteiger partial charge < -0.3 is 10.1 Å². The van der Waals surface area contributed by atoms with Crippen LogP contribution in [0.3, 0.4) is 0 Å². The number of benzene rings is 2. The summed E-state index contributed by atoms with van der Waals surface area (Å²) in [5.41, 5.74) is 3.15. The second kappa shape index (κ2) is 7.90. The SMILES string of the molecule is CCOc1ccc(SCC(=O)Nc2ccc(C)cc2C)cc1. The number of ether oxygens (including phenoxy) is 1. The Morgan fingerprint density at radius 1 is 1.14 bits per heavy atom. The Hall–Kier alpha value is -1.94. The van der Waals surface area contributed by atoms with E-state index in [0.29, 0.717) is 12.4 Å². The number of aryl methyl sites for hydroxylation is 2. The average molecular weight is 315 g/mol. The second-order valence-corrected chi connectivity index (χ2v) is 6.11. The summed E-state index contributed by atoms with van der Waals surface area (Å²) in [4.78, 5) is 13.1. The maximum atomic E-state index is 12.0. The summed E-state index contributed by atoms with van der Waals surface area (Å²) in [7, 11) is 0. The highest BCUT2D eigenvalue weighted by molar-refractivity contribution is 8.00. The molecule has 0 aliphatic rings. The van der Waals surface area contributed by atoms with E-state index < -0.39 is 0 Å². The van der Waals surface area contributed by atoms with Crippen LogP contribution in [-0.4, -0.2) is 18.3 Å². The first kappa shape index (κ1) is 16.4. The molecule has 0 unspecified atom stereocenters. The first-order valence-electron chi connectivity index (χ1n) is 7.31. The molecule has 0 bridgehead atoms. The van der Waals surface area contributed by atoms with Crippen molar-refractivity contribution in [3.05, 3.63) is 53.6 Å². The largest absolute Gasteiger partial charge is 0.494 e. The monoisotopic (exact) mass is 315 g/mol. The number of carbonyl (C=O) groups is 1. The van der Waals surface area contributed by atoms with E-state index >= 15 is 0 Å². The van der Waals surface area contributed by atoms with Crippen molar-refractivity contribution in [2.75, 3.05) is 17.7 Å². The predicted molar refractivity (Wildman–Crippen MR) is 92.9 cm³/mol. The number of anilines is 1. The van der Waals surface area contributed by atoms with Crippen molar-refractivity contribution < 1.29 is 9.53 Å². The number of amides is 1. The van der Waals surface area contributed by atoms with Gasteiger partial charge in [0, 0.05) is 10.6 Å². The number of nitrogens with one attached hydrogen (secondary N) is 1. The molecule has 2 aromatic carbocycles. The number of rotatable bonds is 6. The average Bonchev–Trinajstić information content (AvgIpc) is 2.50. The summed E-state index contributed by atoms with van der Waals surface area (Å²) in [6.45, 7) is 6.66. The molecule has 0 saturated carbocycles. The van der Waals surface area contributed by atoms with E-state index in [1.54, 1.807) is 0 Å². The Morgan fingerprint density at radius 3 is 2.50 bits per heavy atom. The van der Waals surface area contributed by atoms with Crippen molar-refractivity contribution in [3.63, 3.8) is 0 Å². The molecule has 0 aliphatic heterocycles. The van der Waals surface area contributed by atoms with Gasteiger partial charge in [0.15, 0.2) is 0 Å². The maximum absolute atomic E-state index is 12.0.